The number of nitrogens with zero attached hydrogens (tertiary/aromatic N) is 2. The van der Waals surface area contributed by atoms with Crippen molar-refractivity contribution < 1.29 is 9.18 Å². The van der Waals surface area contributed by atoms with E-state index in [-0.39, 0.29) is 17.9 Å². The molecule has 1 amide bonds. The number of hydrogen-bond acceptors (Lipinski definition) is 3. The third kappa shape index (κ3) is 3.10. The summed E-state index contributed by atoms with van der Waals surface area (Å²) in [5.74, 6) is -0.692. The Labute approximate surface area is 159 Å². The van der Waals surface area contributed by atoms with E-state index in [4.69, 9.17) is 11.6 Å². The van der Waals surface area contributed by atoms with E-state index < -0.39 is 12.1 Å². The Balaban J connectivity index is 1.80. The molecule has 4 rings (SSSR count). The number of alkyl halides is 1. The maximum Gasteiger partial charge on any atom is 0.258 e. The van der Waals surface area contributed by atoms with E-state index in [2.05, 4.69) is 10.3 Å². The highest BCUT2D eigenvalue weighted by atomic mass is 35.5. The Bertz CT molecular complexity index is 1120. The molecule has 138 valence electrons. The minimum atomic E-state index is -1.07. The van der Waals surface area contributed by atoms with Crippen LogP contribution in [0.15, 0.2) is 41.3 Å². The lowest BCUT2D eigenvalue weighted by Gasteiger charge is -2.13. The Kier molecular flexibility index (Phi) is 4.23. The summed E-state index contributed by atoms with van der Waals surface area (Å²) < 4.78 is 14.5. The molecule has 3 aromatic rings. The number of anilines is 1. The number of carbonyl (C=O) groups is 1. The van der Waals surface area contributed by atoms with Crippen molar-refractivity contribution >= 4 is 34.2 Å². The highest BCUT2D eigenvalue weighted by Crippen LogP contribution is 2.35. The molecule has 0 spiro atoms. The van der Waals surface area contributed by atoms with Crippen molar-refractivity contribution in [1.29, 1.82) is 0 Å². The largest absolute Gasteiger partial charge is 0.311 e. The number of aromatic nitrogens is 2. The maximum atomic E-state index is 13.0. The molecule has 1 N–H and O–H groups in total. The molecule has 2 aromatic heterocycles. The summed E-state index contributed by atoms with van der Waals surface area (Å²) >= 11 is 6.33. The van der Waals surface area contributed by atoms with E-state index in [0.717, 1.165) is 10.9 Å². The Morgan fingerprint density at radius 3 is 2.78 bits per heavy atom. The van der Waals surface area contributed by atoms with Gasteiger partial charge in [-0.15, -0.1) is 0 Å². The molecule has 1 aliphatic carbocycles. The van der Waals surface area contributed by atoms with Crippen LogP contribution in [0.4, 0.5) is 10.2 Å². The fourth-order valence-electron chi connectivity index (χ4n) is 3.24. The van der Waals surface area contributed by atoms with Crippen molar-refractivity contribution in [2.75, 3.05) is 5.32 Å². The Morgan fingerprint density at radius 2 is 2.11 bits per heavy atom. The molecule has 7 heteroatoms. The van der Waals surface area contributed by atoms with Crippen molar-refractivity contribution in [2.24, 2.45) is 13.0 Å². The molecular formula is C20H17ClFN3O2. The molecule has 2 atom stereocenters. The SMILES string of the molecule is Cc1cccc(Cl)c1-c1cc2cnc(NC(=O)C3CC3F)cc2n(C)c1=O. The van der Waals surface area contributed by atoms with Gasteiger partial charge in [-0.1, -0.05) is 23.7 Å². The van der Waals surface area contributed by atoms with Crippen LogP contribution < -0.4 is 10.9 Å². The van der Waals surface area contributed by atoms with Crippen LogP contribution in [0.5, 0.6) is 0 Å². The molecule has 2 unspecified atom stereocenters. The third-order valence-corrected chi connectivity index (χ3v) is 5.22. The van der Waals surface area contributed by atoms with Crippen molar-refractivity contribution in [3.63, 3.8) is 0 Å². The quantitative estimate of drug-likeness (QED) is 0.744. The minimum Gasteiger partial charge on any atom is -0.311 e. The number of hydrogen-bond donors (Lipinski definition) is 1. The highest BCUT2D eigenvalue weighted by Gasteiger charge is 2.43. The van der Waals surface area contributed by atoms with E-state index in [1.807, 2.05) is 19.1 Å². The number of fused-ring (bicyclic) bond motifs is 1. The first-order chi connectivity index (χ1) is 12.9. The second-order valence-corrected chi connectivity index (χ2v) is 7.24. The van der Waals surface area contributed by atoms with E-state index in [0.29, 0.717) is 27.5 Å². The summed E-state index contributed by atoms with van der Waals surface area (Å²) in [6, 6.07) is 8.86. The van der Waals surface area contributed by atoms with Gasteiger partial charge in [0.15, 0.2) is 0 Å². The summed E-state index contributed by atoms with van der Waals surface area (Å²) in [4.78, 5) is 29.1. The van der Waals surface area contributed by atoms with Gasteiger partial charge < -0.3 is 9.88 Å². The molecule has 0 aliphatic heterocycles. The maximum absolute atomic E-state index is 13.0. The van der Waals surface area contributed by atoms with Gasteiger partial charge in [0.2, 0.25) is 5.91 Å². The monoisotopic (exact) mass is 385 g/mol. The molecule has 0 saturated heterocycles. The summed E-state index contributed by atoms with van der Waals surface area (Å²) in [6.07, 6.45) is 0.759. The lowest BCUT2D eigenvalue weighted by atomic mass is 10.0. The van der Waals surface area contributed by atoms with Crippen molar-refractivity contribution in [2.45, 2.75) is 19.5 Å². The van der Waals surface area contributed by atoms with Gasteiger partial charge >= 0.3 is 0 Å². The number of rotatable bonds is 3. The van der Waals surface area contributed by atoms with Crippen LogP contribution in [0.1, 0.15) is 12.0 Å². The lowest BCUT2D eigenvalue weighted by molar-refractivity contribution is -0.117. The van der Waals surface area contributed by atoms with Gasteiger partial charge in [0.05, 0.1) is 11.4 Å². The number of halogens is 2. The molecule has 1 aromatic carbocycles. The van der Waals surface area contributed by atoms with Gasteiger partial charge in [-0.05, 0) is 31.0 Å². The number of carbonyl (C=O) groups excluding carboxylic acids is 1. The van der Waals surface area contributed by atoms with Crippen LogP contribution in [-0.4, -0.2) is 21.6 Å². The van der Waals surface area contributed by atoms with Gasteiger partial charge in [-0.3, -0.25) is 9.59 Å². The molecule has 5 nitrogen and oxygen atoms in total. The first-order valence-electron chi connectivity index (χ1n) is 8.57. The third-order valence-electron chi connectivity index (χ3n) is 4.90. The van der Waals surface area contributed by atoms with Gasteiger partial charge in [-0.2, -0.15) is 0 Å². The summed E-state index contributed by atoms with van der Waals surface area (Å²) in [5, 5.41) is 3.85. The van der Waals surface area contributed by atoms with Crippen molar-refractivity contribution in [3.05, 3.63) is 57.5 Å². The van der Waals surface area contributed by atoms with Crippen LogP contribution in [0.25, 0.3) is 22.0 Å². The zero-order valence-electron chi connectivity index (χ0n) is 14.8. The summed E-state index contributed by atoms with van der Waals surface area (Å²) in [5.41, 5.74) is 2.51. The van der Waals surface area contributed by atoms with Crippen LogP contribution >= 0.6 is 11.6 Å². The normalized spacial score (nSPS) is 18.5. The fourth-order valence-corrected chi connectivity index (χ4v) is 3.56. The predicted octanol–water partition coefficient (Wildman–Crippen LogP) is 3.86. The van der Waals surface area contributed by atoms with Gasteiger partial charge in [-0.25, -0.2) is 9.37 Å². The number of amides is 1. The van der Waals surface area contributed by atoms with Crippen LogP contribution in [-0.2, 0) is 11.8 Å². The predicted molar refractivity (Wildman–Crippen MR) is 104 cm³/mol. The van der Waals surface area contributed by atoms with Crippen molar-refractivity contribution in [1.82, 2.24) is 9.55 Å². The van der Waals surface area contributed by atoms with E-state index in [1.54, 1.807) is 31.4 Å². The molecule has 0 bridgehead atoms. The van der Waals surface area contributed by atoms with E-state index in [1.165, 1.54) is 4.57 Å². The molecule has 27 heavy (non-hydrogen) atoms. The van der Waals surface area contributed by atoms with Gasteiger partial charge in [0, 0.05) is 40.8 Å². The zero-order chi connectivity index (χ0) is 19.3. The smallest absolute Gasteiger partial charge is 0.258 e. The van der Waals surface area contributed by atoms with E-state index >= 15 is 0 Å². The summed E-state index contributed by atoms with van der Waals surface area (Å²) in [6.45, 7) is 1.90. The highest BCUT2D eigenvalue weighted by molar-refractivity contribution is 6.33. The molecule has 1 fully saturated rings. The topological polar surface area (TPSA) is 64.0 Å². The average molecular weight is 386 g/mol. The fraction of sp³-hybridized carbons (Fsp3) is 0.250. The summed E-state index contributed by atoms with van der Waals surface area (Å²) in [7, 11) is 1.66. The average Bonchev–Trinajstić information content (AvgIpc) is 3.36. The van der Waals surface area contributed by atoms with Crippen LogP contribution in [0.3, 0.4) is 0 Å². The number of nitrogens with one attached hydrogen (secondary N) is 1. The number of benzene rings is 1. The first-order valence-corrected chi connectivity index (χ1v) is 8.95. The standard InChI is InChI=1S/C20H17ClFN3O2/c1-10-4-3-5-14(21)18(10)13-6-11-9-23-17(8-16(11)25(2)20(13)27)24-19(26)12-7-15(12)22/h3-6,8-9,12,15H,7H2,1-2H3,(H,23,24,26). The Morgan fingerprint density at radius 1 is 1.37 bits per heavy atom. The van der Waals surface area contributed by atoms with E-state index in [9.17, 15) is 14.0 Å². The number of pyridine rings is 2. The van der Waals surface area contributed by atoms with Crippen LogP contribution in [0.2, 0.25) is 5.02 Å². The molecule has 2 heterocycles. The number of aryl methyl sites for hydroxylation is 2. The molecule has 0 radical (unpaired) electrons. The van der Waals surface area contributed by atoms with Crippen molar-refractivity contribution in [3.8, 4) is 11.1 Å². The molecular weight excluding hydrogens is 369 g/mol. The van der Waals surface area contributed by atoms with Gasteiger partial charge in [0.25, 0.3) is 5.56 Å². The second kappa shape index (κ2) is 6.46. The van der Waals surface area contributed by atoms with Gasteiger partial charge in [0.1, 0.15) is 12.0 Å². The zero-order valence-corrected chi connectivity index (χ0v) is 15.5. The Hall–Kier alpha value is -2.73. The minimum absolute atomic E-state index is 0.201. The molecule has 1 saturated carbocycles. The van der Waals surface area contributed by atoms with Crippen LogP contribution in [0, 0.1) is 12.8 Å². The second-order valence-electron chi connectivity index (χ2n) is 6.83. The lowest BCUT2D eigenvalue weighted by Crippen LogP contribution is -2.20. The first kappa shape index (κ1) is 17.7. The molecule has 1 aliphatic rings.